The van der Waals surface area contributed by atoms with Gasteiger partial charge in [-0.05, 0) is 85.0 Å². The Morgan fingerprint density at radius 2 is 0.688 bits per heavy atom. The average molecular weight is 627 g/mol. The lowest BCUT2D eigenvalue weighted by Crippen LogP contribution is -2.33. The molecular formula is C46H46N2. The number of anilines is 2. The van der Waals surface area contributed by atoms with Gasteiger partial charge in [-0.25, -0.2) is 0 Å². The fourth-order valence-corrected chi connectivity index (χ4v) is 7.92. The van der Waals surface area contributed by atoms with Crippen LogP contribution in [0.15, 0.2) is 121 Å². The molecule has 0 heterocycles. The van der Waals surface area contributed by atoms with Gasteiger partial charge in [0.05, 0.1) is 0 Å². The Bertz CT molecular complexity index is 1910. The molecule has 4 N–H and O–H groups in total. The summed E-state index contributed by atoms with van der Waals surface area (Å²) in [5.74, 6) is 0. The van der Waals surface area contributed by atoms with E-state index in [0.29, 0.717) is 0 Å². The summed E-state index contributed by atoms with van der Waals surface area (Å²) in [7, 11) is 0. The molecule has 6 aromatic rings. The fourth-order valence-electron chi connectivity index (χ4n) is 7.92. The van der Waals surface area contributed by atoms with E-state index in [-0.39, 0.29) is 5.41 Å². The van der Waals surface area contributed by atoms with Crippen LogP contribution in [0.5, 0.6) is 0 Å². The second-order valence-corrected chi connectivity index (χ2v) is 14.0. The first-order chi connectivity index (χ1) is 23.2. The van der Waals surface area contributed by atoms with Crippen molar-refractivity contribution in [3.63, 3.8) is 0 Å². The summed E-state index contributed by atoms with van der Waals surface area (Å²) < 4.78 is 0. The van der Waals surface area contributed by atoms with E-state index in [2.05, 4.69) is 149 Å². The Morgan fingerprint density at radius 1 is 0.375 bits per heavy atom. The predicted octanol–water partition coefficient (Wildman–Crippen LogP) is 12.0. The van der Waals surface area contributed by atoms with Crippen molar-refractivity contribution in [1.82, 2.24) is 0 Å². The minimum atomic E-state index is -0.303. The van der Waals surface area contributed by atoms with E-state index in [9.17, 15) is 0 Å². The summed E-state index contributed by atoms with van der Waals surface area (Å²) in [5.41, 5.74) is 32.9. The van der Waals surface area contributed by atoms with Gasteiger partial charge in [-0.1, -0.05) is 163 Å². The first-order valence-electron chi connectivity index (χ1n) is 17.4. The number of benzene rings is 6. The summed E-state index contributed by atoms with van der Waals surface area (Å²) in [5, 5.41) is 0. The summed E-state index contributed by atoms with van der Waals surface area (Å²) in [6, 6.07) is 44.5. The molecule has 1 aliphatic rings. The highest BCUT2D eigenvalue weighted by Crippen LogP contribution is 2.54. The van der Waals surface area contributed by atoms with E-state index in [1.807, 2.05) is 0 Å². The van der Waals surface area contributed by atoms with Crippen molar-refractivity contribution in [1.29, 1.82) is 0 Å². The summed E-state index contributed by atoms with van der Waals surface area (Å²) in [4.78, 5) is 0. The molecule has 1 saturated carbocycles. The van der Waals surface area contributed by atoms with Crippen molar-refractivity contribution in [2.45, 2.75) is 65.2 Å². The molecule has 0 aliphatic heterocycles. The molecule has 0 spiro atoms. The van der Waals surface area contributed by atoms with E-state index >= 15 is 0 Å². The van der Waals surface area contributed by atoms with Crippen molar-refractivity contribution in [3.05, 3.63) is 155 Å². The largest absolute Gasteiger partial charge is 0.398 e. The third-order valence-electron chi connectivity index (χ3n) is 10.6. The van der Waals surface area contributed by atoms with Crippen molar-refractivity contribution in [2.24, 2.45) is 0 Å². The van der Waals surface area contributed by atoms with Crippen LogP contribution >= 0.6 is 0 Å². The van der Waals surface area contributed by atoms with E-state index in [4.69, 9.17) is 11.5 Å². The molecule has 0 aromatic heterocycles. The van der Waals surface area contributed by atoms with Crippen molar-refractivity contribution in [2.75, 3.05) is 11.5 Å². The third-order valence-corrected chi connectivity index (χ3v) is 10.6. The van der Waals surface area contributed by atoms with Crippen LogP contribution in [-0.2, 0) is 5.41 Å². The van der Waals surface area contributed by atoms with Crippen LogP contribution in [0.25, 0.3) is 44.5 Å². The molecule has 2 nitrogen and oxygen atoms in total. The second-order valence-electron chi connectivity index (χ2n) is 14.0. The molecule has 2 heteroatoms. The highest BCUT2D eigenvalue weighted by atomic mass is 14.6. The highest BCUT2D eigenvalue weighted by Gasteiger charge is 2.40. The second kappa shape index (κ2) is 12.8. The number of hydrogen-bond donors (Lipinski definition) is 2. The Labute approximate surface area is 286 Å². The monoisotopic (exact) mass is 626 g/mol. The minimum Gasteiger partial charge on any atom is -0.398 e. The van der Waals surface area contributed by atoms with E-state index in [1.165, 1.54) is 50.9 Å². The number of nitrogen functional groups attached to an aromatic ring is 2. The molecule has 48 heavy (non-hydrogen) atoms. The van der Waals surface area contributed by atoms with Crippen LogP contribution in [-0.4, -0.2) is 0 Å². The van der Waals surface area contributed by atoms with Crippen LogP contribution in [0.1, 0.15) is 65.5 Å². The zero-order valence-corrected chi connectivity index (χ0v) is 28.7. The lowest BCUT2D eigenvalue weighted by atomic mass is 9.63. The first-order valence-corrected chi connectivity index (χ1v) is 17.4. The lowest BCUT2D eigenvalue weighted by Gasteiger charge is -2.41. The quantitative estimate of drug-likeness (QED) is 0.181. The number of aryl methyl sites for hydroxylation is 4. The molecule has 7 rings (SSSR count). The predicted molar refractivity (Wildman–Crippen MR) is 206 cm³/mol. The molecule has 0 saturated heterocycles. The maximum absolute atomic E-state index is 7.49. The maximum Gasteiger partial charge on any atom is 0.0441 e. The first kappa shape index (κ1) is 31.5. The van der Waals surface area contributed by atoms with Gasteiger partial charge in [0.15, 0.2) is 0 Å². The van der Waals surface area contributed by atoms with Gasteiger partial charge in [-0.15, -0.1) is 0 Å². The van der Waals surface area contributed by atoms with Gasteiger partial charge in [0.1, 0.15) is 0 Å². The van der Waals surface area contributed by atoms with Gasteiger partial charge in [0.2, 0.25) is 0 Å². The molecule has 240 valence electrons. The molecule has 0 amide bonds. The van der Waals surface area contributed by atoms with Crippen molar-refractivity contribution in [3.8, 4) is 44.5 Å². The summed E-state index contributed by atoms with van der Waals surface area (Å²) >= 11 is 0. The van der Waals surface area contributed by atoms with Gasteiger partial charge >= 0.3 is 0 Å². The van der Waals surface area contributed by atoms with E-state index in [1.54, 1.807) is 0 Å². The SMILES string of the molecule is Cc1ccc(-c2ccc(C3(c4ccc(-c5ccc(C)cc5)c(-c5ccc(C)cc5)c4N)CCCCC3)c(N)c2-c2ccc(C)cc2)cc1. The standard InChI is InChI=1S/C46H46N2/c1-30-8-16-34(17-9-30)38-24-26-40(44(47)42(38)36-20-12-32(3)13-21-36)46(28-6-5-7-29-46)41-27-25-39(35-18-10-31(2)11-19-35)43(45(41)48)37-22-14-33(4)15-23-37/h8-27H,5-7,28-29,47-48H2,1-4H3. The molecule has 6 aromatic carbocycles. The maximum atomic E-state index is 7.49. The average Bonchev–Trinajstić information content (AvgIpc) is 3.10. The zero-order chi connectivity index (χ0) is 33.4. The van der Waals surface area contributed by atoms with E-state index < -0.39 is 0 Å². The normalized spacial score (nSPS) is 14.2. The molecule has 0 atom stereocenters. The Balaban J connectivity index is 1.49. The fraction of sp³-hybridized carbons (Fsp3) is 0.217. The van der Waals surface area contributed by atoms with Crippen molar-refractivity contribution < 1.29 is 0 Å². The Kier molecular flexibility index (Phi) is 8.43. The topological polar surface area (TPSA) is 52.0 Å². The van der Waals surface area contributed by atoms with Gasteiger partial charge in [0.25, 0.3) is 0 Å². The van der Waals surface area contributed by atoms with Crippen LogP contribution in [0.3, 0.4) is 0 Å². The molecular weight excluding hydrogens is 581 g/mol. The Hall–Kier alpha value is -5.08. The molecule has 0 radical (unpaired) electrons. The van der Waals surface area contributed by atoms with E-state index in [0.717, 1.165) is 70.4 Å². The van der Waals surface area contributed by atoms with Crippen molar-refractivity contribution >= 4 is 11.4 Å². The van der Waals surface area contributed by atoms with Gasteiger partial charge in [-0.2, -0.15) is 0 Å². The summed E-state index contributed by atoms with van der Waals surface area (Å²) in [6.45, 7) is 8.54. The lowest BCUT2D eigenvalue weighted by molar-refractivity contribution is 0.348. The van der Waals surface area contributed by atoms with Crippen LogP contribution < -0.4 is 11.5 Å². The molecule has 0 bridgehead atoms. The molecule has 1 aliphatic carbocycles. The molecule has 0 unspecified atom stereocenters. The minimum absolute atomic E-state index is 0.303. The molecule has 1 fully saturated rings. The van der Waals surface area contributed by atoms with Gasteiger partial charge in [-0.3, -0.25) is 0 Å². The third kappa shape index (κ3) is 5.70. The number of nitrogens with two attached hydrogens (primary N) is 2. The summed E-state index contributed by atoms with van der Waals surface area (Å²) in [6.07, 6.45) is 5.52. The van der Waals surface area contributed by atoms with Crippen LogP contribution in [0.2, 0.25) is 0 Å². The van der Waals surface area contributed by atoms with Gasteiger partial charge < -0.3 is 11.5 Å². The van der Waals surface area contributed by atoms with Gasteiger partial charge in [0, 0.05) is 27.9 Å². The number of rotatable bonds is 6. The smallest absolute Gasteiger partial charge is 0.0441 e. The zero-order valence-electron chi connectivity index (χ0n) is 28.7. The Morgan fingerprint density at radius 3 is 1.02 bits per heavy atom. The van der Waals surface area contributed by atoms with Crippen LogP contribution in [0.4, 0.5) is 11.4 Å². The highest BCUT2D eigenvalue weighted by molar-refractivity contribution is 5.96. The number of hydrogen-bond acceptors (Lipinski definition) is 2. The van der Waals surface area contributed by atoms with Crippen LogP contribution in [0, 0.1) is 27.7 Å².